The Hall–Kier alpha value is -1.55. The summed E-state index contributed by atoms with van der Waals surface area (Å²) >= 11 is 5.90. The Morgan fingerprint density at radius 3 is 2.56 bits per heavy atom. The number of carbonyl (C=O) groups excluding carboxylic acids is 2. The molecule has 1 aromatic carbocycles. The van der Waals surface area contributed by atoms with E-state index in [1.54, 1.807) is 0 Å². The summed E-state index contributed by atoms with van der Waals surface area (Å²) < 4.78 is 0. The fourth-order valence-electron chi connectivity index (χ4n) is 1.63. The number of hydrogen-bond acceptors (Lipinski definition) is 3. The van der Waals surface area contributed by atoms with E-state index >= 15 is 0 Å². The van der Waals surface area contributed by atoms with Crippen LogP contribution in [0.2, 0.25) is 0 Å². The highest BCUT2D eigenvalue weighted by Gasteiger charge is 2.49. The van der Waals surface area contributed by atoms with Crippen LogP contribution < -0.4 is 0 Å². The topological polar surface area (TPSA) is 46.6 Å². The van der Waals surface area contributed by atoms with Gasteiger partial charge in [-0.15, -0.1) is 11.6 Å². The molecule has 0 bridgehead atoms. The third-order valence-corrected chi connectivity index (χ3v) is 2.78. The zero-order valence-electron chi connectivity index (χ0n) is 8.59. The van der Waals surface area contributed by atoms with Crippen LogP contribution in [0.3, 0.4) is 0 Å². The summed E-state index contributed by atoms with van der Waals surface area (Å²) in [6, 6.07) is 8.83. The van der Waals surface area contributed by atoms with E-state index in [4.69, 9.17) is 16.4 Å². The molecule has 0 saturated carbocycles. The molecule has 1 fully saturated rings. The van der Waals surface area contributed by atoms with Gasteiger partial charge in [-0.1, -0.05) is 30.3 Å². The normalized spacial score (nSPS) is 23.9. The zero-order chi connectivity index (χ0) is 11.7. The van der Waals surface area contributed by atoms with Gasteiger partial charge in [0.05, 0.1) is 0 Å². The number of benzene rings is 1. The van der Waals surface area contributed by atoms with Crippen LogP contribution in [0.4, 0.5) is 0 Å². The van der Waals surface area contributed by atoms with Crippen molar-refractivity contribution < 1.29 is 14.4 Å². The molecule has 0 spiro atoms. The summed E-state index contributed by atoms with van der Waals surface area (Å²) in [6.45, 7) is 1.25. The number of hydroxylamine groups is 2. The second-order valence-electron chi connectivity index (χ2n) is 3.50. The number of β-lactam (4-membered cyclic amide) rings is 1. The van der Waals surface area contributed by atoms with Crippen LogP contribution in [0.5, 0.6) is 0 Å². The van der Waals surface area contributed by atoms with Crippen LogP contribution in [0, 0.1) is 0 Å². The lowest BCUT2D eigenvalue weighted by Crippen LogP contribution is -2.56. The number of hydrogen-bond donors (Lipinski definition) is 0. The Morgan fingerprint density at radius 1 is 1.38 bits per heavy atom. The maximum Gasteiger partial charge on any atom is 0.329 e. The highest BCUT2D eigenvalue weighted by Crippen LogP contribution is 2.38. The summed E-state index contributed by atoms with van der Waals surface area (Å²) in [5.74, 6) is -0.913. The SMILES string of the molecule is CC(=O)ON1C(=O)C(Cl)C1c1ccccc1. The van der Waals surface area contributed by atoms with Crippen molar-refractivity contribution in [3.63, 3.8) is 0 Å². The predicted octanol–water partition coefficient (Wildman–Crippen LogP) is 1.66. The minimum absolute atomic E-state index is 0.384. The molecule has 84 valence electrons. The minimum atomic E-state index is -0.665. The Morgan fingerprint density at radius 2 is 2.00 bits per heavy atom. The first-order chi connectivity index (χ1) is 7.61. The molecule has 0 aromatic heterocycles. The van der Waals surface area contributed by atoms with Crippen molar-refractivity contribution in [2.24, 2.45) is 0 Å². The van der Waals surface area contributed by atoms with Crippen LogP contribution >= 0.6 is 11.6 Å². The maximum atomic E-state index is 11.4. The quantitative estimate of drug-likeness (QED) is 0.582. The Labute approximate surface area is 97.7 Å². The van der Waals surface area contributed by atoms with Crippen LogP contribution in [0.15, 0.2) is 30.3 Å². The van der Waals surface area contributed by atoms with Gasteiger partial charge in [0.1, 0.15) is 11.4 Å². The van der Waals surface area contributed by atoms with Gasteiger partial charge in [-0.3, -0.25) is 9.59 Å². The second-order valence-corrected chi connectivity index (χ2v) is 3.97. The molecule has 4 nitrogen and oxygen atoms in total. The molecule has 2 rings (SSSR count). The average molecular weight is 240 g/mol. The third kappa shape index (κ3) is 1.76. The van der Waals surface area contributed by atoms with Crippen molar-refractivity contribution in [1.82, 2.24) is 5.06 Å². The van der Waals surface area contributed by atoms with Gasteiger partial charge in [-0.25, -0.2) is 0 Å². The molecule has 1 amide bonds. The fourth-order valence-corrected chi connectivity index (χ4v) is 1.97. The summed E-state index contributed by atoms with van der Waals surface area (Å²) in [5.41, 5.74) is 0.850. The monoisotopic (exact) mass is 239 g/mol. The Kier molecular flexibility index (Phi) is 2.83. The molecule has 16 heavy (non-hydrogen) atoms. The van der Waals surface area contributed by atoms with E-state index in [-0.39, 0.29) is 11.9 Å². The van der Waals surface area contributed by atoms with Crippen molar-refractivity contribution in [1.29, 1.82) is 0 Å². The van der Waals surface area contributed by atoms with Gasteiger partial charge in [0.2, 0.25) is 0 Å². The molecule has 0 aliphatic carbocycles. The van der Waals surface area contributed by atoms with E-state index in [1.807, 2.05) is 30.3 Å². The van der Waals surface area contributed by atoms with Crippen molar-refractivity contribution in [3.05, 3.63) is 35.9 Å². The van der Waals surface area contributed by atoms with E-state index < -0.39 is 11.3 Å². The van der Waals surface area contributed by atoms with Gasteiger partial charge >= 0.3 is 5.97 Å². The smallest absolute Gasteiger partial charge is 0.329 e. The van der Waals surface area contributed by atoms with Gasteiger partial charge in [0, 0.05) is 6.92 Å². The van der Waals surface area contributed by atoms with Gasteiger partial charge < -0.3 is 4.84 Å². The molecule has 0 radical (unpaired) electrons. The van der Waals surface area contributed by atoms with Crippen molar-refractivity contribution in [2.45, 2.75) is 18.3 Å². The highest BCUT2D eigenvalue weighted by atomic mass is 35.5. The summed E-state index contributed by atoms with van der Waals surface area (Å²) in [5, 5.41) is 0.358. The molecule has 1 aliphatic heterocycles. The lowest BCUT2D eigenvalue weighted by Gasteiger charge is -2.41. The van der Waals surface area contributed by atoms with Crippen molar-refractivity contribution in [2.75, 3.05) is 0 Å². The minimum Gasteiger partial charge on any atom is -0.338 e. The number of nitrogens with zero attached hydrogens (tertiary/aromatic N) is 1. The molecule has 0 N–H and O–H groups in total. The molecular weight excluding hydrogens is 230 g/mol. The summed E-state index contributed by atoms with van der Waals surface area (Å²) in [4.78, 5) is 27.0. The molecule has 2 unspecified atom stereocenters. The van der Waals surface area contributed by atoms with E-state index in [0.717, 1.165) is 10.6 Å². The van der Waals surface area contributed by atoms with Gasteiger partial charge in [0.15, 0.2) is 0 Å². The maximum absolute atomic E-state index is 11.4. The second kappa shape index (κ2) is 4.14. The van der Waals surface area contributed by atoms with Crippen molar-refractivity contribution in [3.8, 4) is 0 Å². The van der Waals surface area contributed by atoms with E-state index in [2.05, 4.69) is 0 Å². The molecule has 1 heterocycles. The Bertz CT molecular complexity index is 420. The number of alkyl halides is 1. The number of amides is 1. The van der Waals surface area contributed by atoms with E-state index in [0.29, 0.717) is 0 Å². The molecule has 2 atom stereocenters. The first kappa shape index (κ1) is 11.0. The largest absolute Gasteiger partial charge is 0.338 e. The van der Waals surface area contributed by atoms with Gasteiger partial charge in [-0.2, -0.15) is 5.06 Å². The van der Waals surface area contributed by atoms with Crippen LogP contribution in [-0.2, 0) is 14.4 Å². The zero-order valence-corrected chi connectivity index (χ0v) is 9.35. The van der Waals surface area contributed by atoms with Gasteiger partial charge in [-0.05, 0) is 5.56 Å². The van der Waals surface area contributed by atoms with E-state index in [9.17, 15) is 9.59 Å². The molecular formula is C11H10ClNO3. The molecule has 1 saturated heterocycles. The van der Waals surface area contributed by atoms with Crippen LogP contribution in [-0.4, -0.2) is 22.3 Å². The molecule has 5 heteroatoms. The first-order valence-corrected chi connectivity index (χ1v) is 5.25. The number of halogens is 1. The lowest BCUT2D eigenvalue weighted by atomic mass is 9.96. The summed E-state index contributed by atoms with van der Waals surface area (Å²) in [7, 11) is 0. The lowest BCUT2D eigenvalue weighted by molar-refractivity contribution is -0.225. The van der Waals surface area contributed by atoms with Crippen LogP contribution in [0.25, 0.3) is 0 Å². The standard InChI is InChI=1S/C11H10ClNO3/c1-7(14)16-13-10(9(12)11(13)15)8-5-3-2-4-6-8/h2-6,9-10H,1H3. The van der Waals surface area contributed by atoms with Gasteiger partial charge in [0.25, 0.3) is 5.91 Å². The summed E-state index contributed by atoms with van der Waals surface area (Å²) in [6.07, 6.45) is 0. The third-order valence-electron chi connectivity index (χ3n) is 2.35. The molecule has 1 aliphatic rings. The number of rotatable bonds is 2. The number of carbonyl (C=O) groups is 2. The van der Waals surface area contributed by atoms with Crippen LogP contribution in [0.1, 0.15) is 18.5 Å². The van der Waals surface area contributed by atoms with E-state index in [1.165, 1.54) is 6.92 Å². The first-order valence-electron chi connectivity index (χ1n) is 4.82. The molecule has 1 aromatic rings. The fraction of sp³-hybridized carbons (Fsp3) is 0.273. The van der Waals surface area contributed by atoms with Crippen molar-refractivity contribution >= 4 is 23.5 Å². The highest BCUT2D eigenvalue weighted by molar-refractivity contribution is 6.33. The predicted molar refractivity (Wildman–Crippen MR) is 57.4 cm³/mol. The Balaban J connectivity index is 2.20. The average Bonchev–Trinajstić information content (AvgIpc) is 2.29.